The van der Waals surface area contributed by atoms with Crippen LogP contribution < -0.4 is 5.73 Å². The van der Waals surface area contributed by atoms with E-state index in [0.29, 0.717) is 5.56 Å². The Balaban J connectivity index is 0.00000128. The standard InChI is InChI=1S/C11H10FNOS.ClH/c12-9-5-7(1-2-10(9)14)11(13)8-3-4-15-6-8;/h1-6,11,14H,13H2;1H/t11-;/m1./s1. The number of thiophene rings is 1. The fraction of sp³-hybridized carbons (Fsp3) is 0.0909. The molecule has 0 aliphatic carbocycles. The van der Waals surface area contributed by atoms with E-state index in [-0.39, 0.29) is 24.2 Å². The largest absolute Gasteiger partial charge is 0.505 e. The van der Waals surface area contributed by atoms with E-state index < -0.39 is 5.82 Å². The van der Waals surface area contributed by atoms with E-state index >= 15 is 0 Å². The highest BCUT2D eigenvalue weighted by Gasteiger charge is 2.11. The topological polar surface area (TPSA) is 46.2 Å². The summed E-state index contributed by atoms with van der Waals surface area (Å²) in [6.07, 6.45) is 0. The Morgan fingerprint density at radius 3 is 2.56 bits per heavy atom. The van der Waals surface area contributed by atoms with Crippen LogP contribution in [0, 0.1) is 5.82 Å². The van der Waals surface area contributed by atoms with Crippen molar-refractivity contribution in [3.05, 3.63) is 52.0 Å². The molecule has 0 spiro atoms. The van der Waals surface area contributed by atoms with Gasteiger partial charge in [-0.15, -0.1) is 12.4 Å². The molecular formula is C11H11ClFNOS. The molecule has 0 unspecified atom stereocenters. The lowest BCUT2D eigenvalue weighted by Gasteiger charge is -2.10. The van der Waals surface area contributed by atoms with Crippen molar-refractivity contribution in [3.8, 4) is 5.75 Å². The van der Waals surface area contributed by atoms with E-state index in [0.717, 1.165) is 5.56 Å². The van der Waals surface area contributed by atoms with Gasteiger partial charge in [0.25, 0.3) is 0 Å². The number of phenols is 1. The number of hydrogen-bond donors (Lipinski definition) is 2. The van der Waals surface area contributed by atoms with Gasteiger partial charge in [0, 0.05) is 0 Å². The SMILES string of the molecule is Cl.N[C@@H](c1ccsc1)c1ccc(O)c(F)c1. The van der Waals surface area contributed by atoms with E-state index in [1.54, 1.807) is 17.4 Å². The summed E-state index contributed by atoms with van der Waals surface area (Å²) >= 11 is 1.55. The summed E-state index contributed by atoms with van der Waals surface area (Å²) in [6.45, 7) is 0. The van der Waals surface area contributed by atoms with Crippen molar-refractivity contribution in [1.82, 2.24) is 0 Å². The van der Waals surface area contributed by atoms with Crippen molar-refractivity contribution in [2.45, 2.75) is 6.04 Å². The van der Waals surface area contributed by atoms with Gasteiger partial charge in [-0.25, -0.2) is 4.39 Å². The van der Waals surface area contributed by atoms with Crippen molar-refractivity contribution in [1.29, 1.82) is 0 Å². The van der Waals surface area contributed by atoms with Crippen LogP contribution in [0.15, 0.2) is 35.0 Å². The fourth-order valence-electron chi connectivity index (χ4n) is 1.36. The molecule has 0 radical (unpaired) electrons. The Hall–Kier alpha value is -1.10. The van der Waals surface area contributed by atoms with Crippen LogP contribution in [-0.4, -0.2) is 5.11 Å². The van der Waals surface area contributed by atoms with E-state index in [9.17, 15) is 4.39 Å². The van der Waals surface area contributed by atoms with Gasteiger partial charge >= 0.3 is 0 Å². The zero-order valence-corrected chi connectivity index (χ0v) is 9.89. The van der Waals surface area contributed by atoms with Crippen LogP contribution in [-0.2, 0) is 0 Å². The van der Waals surface area contributed by atoms with Crippen LogP contribution in [0.4, 0.5) is 4.39 Å². The molecule has 5 heteroatoms. The zero-order chi connectivity index (χ0) is 10.8. The summed E-state index contributed by atoms with van der Waals surface area (Å²) in [6, 6.07) is 5.77. The first kappa shape index (κ1) is 13.0. The molecule has 1 aromatic carbocycles. The van der Waals surface area contributed by atoms with Gasteiger partial charge in [0.15, 0.2) is 11.6 Å². The number of aromatic hydroxyl groups is 1. The molecular weight excluding hydrogens is 249 g/mol. The van der Waals surface area contributed by atoms with E-state index in [4.69, 9.17) is 10.8 Å². The Morgan fingerprint density at radius 2 is 2.00 bits per heavy atom. The third-order valence-electron chi connectivity index (χ3n) is 2.23. The first-order chi connectivity index (χ1) is 7.18. The minimum Gasteiger partial charge on any atom is -0.505 e. The van der Waals surface area contributed by atoms with Crippen LogP contribution in [0.5, 0.6) is 5.75 Å². The first-order valence-corrected chi connectivity index (χ1v) is 5.39. The van der Waals surface area contributed by atoms with Crippen molar-refractivity contribution in [3.63, 3.8) is 0 Å². The molecule has 0 saturated carbocycles. The molecule has 86 valence electrons. The lowest BCUT2D eigenvalue weighted by atomic mass is 10.0. The number of nitrogens with two attached hydrogens (primary N) is 1. The number of rotatable bonds is 2. The lowest BCUT2D eigenvalue weighted by molar-refractivity contribution is 0.431. The average molecular weight is 260 g/mol. The molecule has 1 atom stereocenters. The van der Waals surface area contributed by atoms with Crippen molar-refractivity contribution >= 4 is 23.7 Å². The maximum absolute atomic E-state index is 13.1. The van der Waals surface area contributed by atoms with Gasteiger partial charge in [0.2, 0.25) is 0 Å². The van der Waals surface area contributed by atoms with Crippen molar-refractivity contribution in [2.24, 2.45) is 5.73 Å². The second-order valence-electron chi connectivity index (χ2n) is 3.25. The number of benzene rings is 1. The van der Waals surface area contributed by atoms with E-state index in [1.165, 1.54) is 12.1 Å². The molecule has 0 aliphatic rings. The third-order valence-corrected chi connectivity index (χ3v) is 2.93. The highest BCUT2D eigenvalue weighted by atomic mass is 35.5. The molecule has 2 aromatic rings. The summed E-state index contributed by atoms with van der Waals surface area (Å²) in [5.74, 6) is -0.991. The normalized spacial score (nSPS) is 11.9. The number of hydrogen-bond acceptors (Lipinski definition) is 3. The minimum atomic E-state index is -0.641. The smallest absolute Gasteiger partial charge is 0.165 e. The molecule has 0 aliphatic heterocycles. The molecule has 1 heterocycles. The van der Waals surface area contributed by atoms with Gasteiger partial charge in [-0.05, 0) is 40.1 Å². The quantitative estimate of drug-likeness (QED) is 0.871. The Kier molecular flexibility index (Phi) is 4.29. The molecule has 0 amide bonds. The lowest BCUT2D eigenvalue weighted by Crippen LogP contribution is -2.10. The molecule has 3 N–H and O–H groups in total. The first-order valence-electron chi connectivity index (χ1n) is 4.44. The second kappa shape index (κ2) is 5.30. The fourth-order valence-corrected chi connectivity index (χ4v) is 2.06. The van der Waals surface area contributed by atoms with Gasteiger partial charge in [-0.3, -0.25) is 0 Å². The summed E-state index contributed by atoms with van der Waals surface area (Å²) < 4.78 is 13.1. The molecule has 2 nitrogen and oxygen atoms in total. The van der Waals surface area contributed by atoms with Crippen LogP contribution in [0.25, 0.3) is 0 Å². The van der Waals surface area contributed by atoms with Crippen molar-refractivity contribution in [2.75, 3.05) is 0 Å². The number of halogens is 2. The third kappa shape index (κ3) is 2.52. The van der Waals surface area contributed by atoms with Crippen molar-refractivity contribution < 1.29 is 9.50 Å². The van der Waals surface area contributed by atoms with E-state index in [2.05, 4.69) is 0 Å². The molecule has 0 fully saturated rings. The summed E-state index contributed by atoms with van der Waals surface area (Å²) in [5, 5.41) is 12.9. The maximum atomic E-state index is 13.1. The van der Waals surface area contributed by atoms with Crippen LogP contribution >= 0.6 is 23.7 Å². The molecule has 0 bridgehead atoms. The summed E-state index contributed by atoms with van der Waals surface area (Å²) in [7, 11) is 0. The molecule has 0 saturated heterocycles. The minimum absolute atomic E-state index is 0. The Bertz CT molecular complexity index is 461. The maximum Gasteiger partial charge on any atom is 0.165 e. The molecule has 16 heavy (non-hydrogen) atoms. The molecule has 2 rings (SSSR count). The second-order valence-corrected chi connectivity index (χ2v) is 4.03. The Labute approximate surface area is 103 Å². The monoisotopic (exact) mass is 259 g/mol. The van der Waals surface area contributed by atoms with Gasteiger partial charge in [-0.2, -0.15) is 11.3 Å². The highest BCUT2D eigenvalue weighted by Crippen LogP contribution is 2.25. The van der Waals surface area contributed by atoms with Crippen LogP contribution in [0.3, 0.4) is 0 Å². The van der Waals surface area contributed by atoms with Crippen LogP contribution in [0.1, 0.15) is 17.2 Å². The van der Waals surface area contributed by atoms with Gasteiger partial charge < -0.3 is 10.8 Å². The van der Waals surface area contributed by atoms with Gasteiger partial charge in [0.05, 0.1) is 6.04 Å². The summed E-state index contributed by atoms with van der Waals surface area (Å²) in [4.78, 5) is 0. The van der Waals surface area contributed by atoms with Crippen LogP contribution in [0.2, 0.25) is 0 Å². The molecule has 1 aromatic heterocycles. The predicted molar refractivity (Wildman–Crippen MR) is 65.7 cm³/mol. The average Bonchev–Trinajstić information content (AvgIpc) is 2.74. The van der Waals surface area contributed by atoms with Gasteiger partial charge in [-0.1, -0.05) is 6.07 Å². The number of phenolic OH excluding ortho intramolecular Hbond substituents is 1. The summed E-state index contributed by atoms with van der Waals surface area (Å²) in [5.41, 5.74) is 7.54. The Morgan fingerprint density at radius 1 is 1.25 bits per heavy atom. The predicted octanol–water partition coefficient (Wildman–Crippen LogP) is 3.06. The van der Waals surface area contributed by atoms with E-state index in [1.807, 2.05) is 16.8 Å². The zero-order valence-electron chi connectivity index (χ0n) is 8.26. The van der Waals surface area contributed by atoms with Gasteiger partial charge in [0.1, 0.15) is 0 Å². The highest BCUT2D eigenvalue weighted by molar-refractivity contribution is 7.08.